The van der Waals surface area contributed by atoms with E-state index in [4.69, 9.17) is 0 Å². The predicted octanol–water partition coefficient (Wildman–Crippen LogP) is 2.84. The summed E-state index contributed by atoms with van der Waals surface area (Å²) in [5.74, 6) is -0.0248. The number of aryl methyl sites for hydroxylation is 1. The van der Waals surface area contributed by atoms with Crippen LogP contribution in [-0.4, -0.2) is 43.9 Å². The Hall–Kier alpha value is -2.66. The van der Waals surface area contributed by atoms with Crippen molar-refractivity contribution in [2.75, 3.05) is 32.1 Å². The second kappa shape index (κ2) is 9.15. The molecule has 0 unspecified atom stereocenters. The lowest BCUT2D eigenvalue weighted by Crippen LogP contribution is -2.39. The fourth-order valence-corrected chi connectivity index (χ4v) is 2.94. The lowest BCUT2D eigenvalue weighted by atomic mass is 10.1. The number of benzene rings is 2. The molecule has 5 heteroatoms. The fraction of sp³-hybridized carbons (Fsp3) is 0.333. The van der Waals surface area contributed by atoms with E-state index in [9.17, 15) is 9.59 Å². The van der Waals surface area contributed by atoms with Gasteiger partial charge in [0, 0.05) is 31.4 Å². The highest BCUT2D eigenvalue weighted by Gasteiger charge is 2.17. The van der Waals surface area contributed by atoms with Crippen molar-refractivity contribution in [2.45, 2.75) is 20.4 Å². The molecule has 0 bridgehead atoms. The average molecular weight is 353 g/mol. The van der Waals surface area contributed by atoms with Gasteiger partial charge < -0.3 is 10.2 Å². The van der Waals surface area contributed by atoms with Gasteiger partial charge in [-0.25, -0.2) is 0 Å². The van der Waals surface area contributed by atoms with Gasteiger partial charge in [-0.15, -0.1) is 0 Å². The molecule has 0 spiro atoms. The van der Waals surface area contributed by atoms with Crippen LogP contribution >= 0.6 is 0 Å². The summed E-state index contributed by atoms with van der Waals surface area (Å²) in [7, 11) is 3.54. The van der Waals surface area contributed by atoms with Gasteiger partial charge in [0.15, 0.2) is 0 Å². The Labute approximate surface area is 155 Å². The number of para-hydroxylation sites is 1. The van der Waals surface area contributed by atoms with Crippen LogP contribution in [0.3, 0.4) is 0 Å². The van der Waals surface area contributed by atoms with Gasteiger partial charge in [0.05, 0.1) is 6.54 Å². The highest BCUT2D eigenvalue weighted by Crippen LogP contribution is 2.19. The second-order valence-electron chi connectivity index (χ2n) is 6.37. The Bertz CT molecular complexity index is 756. The van der Waals surface area contributed by atoms with Gasteiger partial charge in [-0.05, 0) is 50.2 Å². The minimum atomic E-state index is -0.100. The molecular formula is C21H27N3O2. The Kier molecular flexibility index (Phi) is 6.92. The SMILES string of the molecule is CCN(C(=O)CN(C)Cc1ccc(C(=O)NC)cc1)c1ccccc1C. The first-order chi connectivity index (χ1) is 12.5. The van der Waals surface area contributed by atoms with Crippen LogP contribution in [0.1, 0.15) is 28.4 Å². The van der Waals surface area contributed by atoms with Gasteiger partial charge in [-0.2, -0.15) is 0 Å². The van der Waals surface area contributed by atoms with Crippen LogP contribution in [-0.2, 0) is 11.3 Å². The van der Waals surface area contributed by atoms with Crippen LogP contribution < -0.4 is 10.2 Å². The molecule has 2 aromatic rings. The van der Waals surface area contributed by atoms with Gasteiger partial charge >= 0.3 is 0 Å². The maximum atomic E-state index is 12.7. The number of nitrogens with one attached hydrogen (secondary N) is 1. The van der Waals surface area contributed by atoms with Crippen molar-refractivity contribution in [2.24, 2.45) is 0 Å². The van der Waals surface area contributed by atoms with E-state index in [0.29, 0.717) is 25.2 Å². The number of likely N-dealkylation sites (N-methyl/N-ethyl adjacent to an activating group) is 2. The van der Waals surface area contributed by atoms with Crippen molar-refractivity contribution in [1.82, 2.24) is 10.2 Å². The molecule has 2 rings (SSSR count). The molecule has 0 fully saturated rings. The van der Waals surface area contributed by atoms with E-state index in [2.05, 4.69) is 5.32 Å². The van der Waals surface area contributed by atoms with Gasteiger partial charge in [0.1, 0.15) is 0 Å². The molecule has 26 heavy (non-hydrogen) atoms. The summed E-state index contributed by atoms with van der Waals surface area (Å²) >= 11 is 0. The largest absolute Gasteiger partial charge is 0.355 e. The highest BCUT2D eigenvalue weighted by molar-refractivity contribution is 5.95. The molecule has 0 radical (unpaired) electrons. The molecule has 0 saturated carbocycles. The quantitative estimate of drug-likeness (QED) is 0.833. The Morgan fingerprint density at radius 1 is 1.04 bits per heavy atom. The van der Waals surface area contributed by atoms with E-state index >= 15 is 0 Å². The van der Waals surface area contributed by atoms with Crippen molar-refractivity contribution < 1.29 is 9.59 Å². The van der Waals surface area contributed by atoms with E-state index in [0.717, 1.165) is 16.8 Å². The standard InChI is InChI=1S/C21H27N3O2/c1-5-24(19-9-7-6-8-16(19)2)20(25)15-23(4)14-17-10-12-18(13-11-17)21(26)22-3/h6-13H,5,14-15H2,1-4H3,(H,22,26). The van der Waals surface area contributed by atoms with E-state index in [1.54, 1.807) is 19.2 Å². The lowest BCUT2D eigenvalue weighted by molar-refractivity contribution is -0.119. The van der Waals surface area contributed by atoms with E-state index < -0.39 is 0 Å². The molecular weight excluding hydrogens is 326 g/mol. The molecule has 0 aliphatic heterocycles. The van der Waals surface area contributed by atoms with Gasteiger partial charge in [-0.3, -0.25) is 14.5 Å². The number of carbonyl (C=O) groups is 2. The molecule has 5 nitrogen and oxygen atoms in total. The number of hydrogen-bond acceptors (Lipinski definition) is 3. The van der Waals surface area contributed by atoms with Crippen molar-refractivity contribution in [3.63, 3.8) is 0 Å². The smallest absolute Gasteiger partial charge is 0.251 e. The van der Waals surface area contributed by atoms with E-state index in [1.807, 2.05) is 67.1 Å². The maximum absolute atomic E-state index is 12.7. The minimum absolute atomic E-state index is 0.0753. The first-order valence-electron chi connectivity index (χ1n) is 8.81. The maximum Gasteiger partial charge on any atom is 0.251 e. The van der Waals surface area contributed by atoms with Crippen LogP contribution in [0.5, 0.6) is 0 Å². The topological polar surface area (TPSA) is 52.7 Å². The molecule has 0 atom stereocenters. The Morgan fingerprint density at radius 3 is 2.27 bits per heavy atom. The average Bonchev–Trinajstić information content (AvgIpc) is 2.63. The molecule has 0 aliphatic carbocycles. The van der Waals surface area contributed by atoms with Crippen LogP contribution in [0.2, 0.25) is 0 Å². The molecule has 2 aromatic carbocycles. The molecule has 0 saturated heterocycles. The predicted molar refractivity (Wildman–Crippen MR) is 105 cm³/mol. The monoisotopic (exact) mass is 353 g/mol. The summed E-state index contributed by atoms with van der Waals surface area (Å²) in [6.07, 6.45) is 0. The normalized spacial score (nSPS) is 10.7. The Balaban J connectivity index is 2.00. The summed E-state index contributed by atoms with van der Waals surface area (Å²) < 4.78 is 0. The summed E-state index contributed by atoms with van der Waals surface area (Å²) in [4.78, 5) is 28.1. The summed E-state index contributed by atoms with van der Waals surface area (Å²) in [6.45, 7) is 5.62. The minimum Gasteiger partial charge on any atom is -0.355 e. The summed E-state index contributed by atoms with van der Waals surface area (Å²) in [5.41, 5.74) is 3.75. The zero-order chi connectivity index (χ0) is 19.1. The van der Waals surface area contributed by atoms with Gasteiger partial charge in [-0.1, -0.05) is 30.3 Å². The molecule has 2 amide bonds. The van der Waals surface area contributed by atoms with Crippen LogP contribution in [0.15, 0.2) is 48.5 Å². The van der Waals surface area contributed by atoms with E-state index in [-0.39, 0.29) is 11.8 Å². The van der Waals surface area contributed by atoms with Crippen molar-refractivity contribution in [1.29, 1.82) is 0 Å². The number of rotatable bonds is 7. The third kappa shape index (κ3) is 4.92. The molecule has 0 aliphatic rings. The number of carbonyl (C=O) groups excluding carboxylic acids is 2. The molecule has 138 valence electrons. The zero-order valence-electron chi connectivity index (χ0n) is 16.0. The number of amides is 2. The van der Waals surface area contributed by atoms with Gasteiger partial charge in [0.2, 0.25) is 5.91 Å². The third-order valence-electron chi connectivity index (χ3n) is 4.32. The number of hydrogen-bond donors (Lipinski definition) is 1. The molecule has 0 aromatic heterocycles. The zero-order valence-corrected chi connectivity index (χ0v) is 16.0. The van der Waals surface area contributed by atoms with E-state index in [1.165, 1.54) is 0 Å². The Morgan fingerprint density at radius 2 is 1.69 bits per heavy atom. The fourth-order valence-electron chi connectivity index (χ4n) is 2.94. The van der Waals surface area contributed by atoms with Crippen LogP contribution in [0, 0.1) is 6.92 Å². The van der Waals surface area contributed by atoms with Crippen molar-refractivity contribution in [3.8, 4) is 0 Å². The first kappa shape index (κ1) is 19.7. The van der Waals surface area contributed by atoms with Crippen LogP contribution in [0.25, 0.3) is 0 Å². The molecule has 0 heterocycles. The third-order valence-corrected chi connectivity index (χ3v) is 4.32. The summed E-state index contributed by atoms with van der Waals surface area (Å²) in [6, 6.07) is 15.4. The number of anilines is 1. The highest BCUT2D eigenvalue weighted by atomic mass is 16.2. The summed E-state index contributed by atoms with van der Waals surface area (Å²) in [5, 5.41) is 2.61. The first-order valence-corrected chi connectivity index (χ1v) is 8.81. The van der Waals surface area contributed by atoms with Crippen LogP contribution in [0.4, 0.5) is 5.69 Å². The van der Waals surface area contributed by atoms with Gasteiger partial charge in [0.25, 0.3) is 5.91 Å². The second-order valence-corrected chi connectivity index (χ2v) is 6.37. The van der Waals surface area contributed by atoms with Crippen molar-refractivity contribution >= 4 is 17.5 Å². The molecule has 1 N–H and O–H groups in total. The lowest BCUT2D eigenvalue weighted by Gasteiger charge is -2.26. The number of nitrogens with zero attached hydrogens (tertiary/aromatic N) is 2. The van der Waals surface area contributed by atoms with Crippen molar-refractivity contribution in [3.05, 3.63) is 65.2 Å².